The van der Waals surface area contributed by atoms with Gasteiger partial charge in [-0.15, -0.1) is 0 Å². The molecule has 0 N–H and O–H groups in total. The molecule has 0 aliphatic heterocycles. The van der Waals surface area contributed by atoms with E-state index in [1.807, 2.05) is 0 Å². The van der Waals surface area contributed by atoms with Crippen LogP contribution in [0.25, 0.3) is 11.1 Å². The highest BCUT2D eigenvalue weighted by atomic mass is 14.3. The topological polar surface area (TPSA) is 47.6 Å². The van der Waals surface area contributed by atoms with Crippen molar-refractivity contribution in [2.75, 3.05) is 0 Å². The molecule has 0 radical (unpaired) electrons. The van der Waals surface area contributed by atoms with Gasteiger partial charge in [0.25, 0.3) is 0 Å². The number of benzene rings is 2. The Kier molecular flexibility index (Phi) is 8.73. The first-order chi connectivity index (χ1) is 15.2. The lowest BCUT2D eigenvalue weighted by molar-refractivity contribution is 0.302. The van der Waals surface area contributed by atoms with Gasteiger partial charge in [-0.05, 0) is 60.6 Å². The summed E-state index contributed by atoms with van der Waals surface area (Å²) in [7, 11) is 0. The van der Waals surface area contributed by atoms with Gasteiger partial charge in [0.15, 0.2) is 0 Å². The summed E-state index contributed by atoms with van der Waals surface area (Å²) >= 11 is 0. The molecule has 0 unspecified atom stereocenters. The van der Waals surface area contributed by atoms with Crippen LogP contribution in [0.5, 0.6) is 0 Å². The maximum Gasteiger partial charge on any atom is 0.101 e. The van der Waals surface area contributed by atoms with Crippen LogP contribution in [0.1, 0.15) is 106 Å². The quantitative estimate of drug-likeness (QED) is 0.389. The molecule has 1 saturated carbocycles. The van der Waals surface area contributed by atoms with E-state index in [0.29, 0.717) is 17.0 Å². The summed E-state index contributed by atoms with van der Waals surface area (Å²) in [6.07, 6.45) is 13.7. The van der Waals surface area contributed by atoms with Crippen LogP contribution < -0.4 is 0 Å². The van der Waals surface area contributed by atoms with Gasteiger partial charge in [-0.2, -0.15) is 10.5 Å². The lowest BCUT2D eigenvalue weighted by Crippen LogP contribution is -2.15. The SMILES string of the molecule is CCCCCCC1CCC(c2ccc(-c3ccc(CCC)cc3)c(C#N)c2C#N)CC1. The van der Waals surface area contributed by atoms with Gasteiger partial charge in [-0.25, -0.2) is 0 Å². The molecule has 3 rings (SSSR count). The molecule has 1 aliphatic carbocycles. The summed E-state index contributed by atoms with van der Waals surface area (Å²) < 4.78 is 0. The summed E-state index contributed by atoms with van der Waals surface area (Å²) in [5.41, 5.74) is 5.46. The molecule has 0 saturated heterocycles. The average Bonchev–Trinajstić information content (AvgIpc) is 2.82. The minimum absolute atomic E-state index is 0.412. The molecule has 2 aromatic carbocycles. The highest BCUT2D eigenvalue weighted by Gasteiger charge is 2.26. The average molecular weight is 413 g/mol. The van der Waals surface area contributed by atoms with E-state index in [1.165, 1.54) is 50.5 Å². The molecule has 0 heterocycles. The summed E-state index contributed by atoms with van der Waals surface area (Å²) in [5, 5.41) is 19.9. The maximum atomic E-state index is 9.96. The van der Waals surface area contributed by atoms with Gasteiger partial charge >= 0.3 is 0 Å². The Balaban J connectivity index is 1.76. The van der Waals surface area contributed by atoms with Crippen molar-refractivity contribution in [3.63, 3.8) is 0 Å². The van der Waals surface area contributed by atoms with Gasteiger partial charge in [-0.1, -0.05) is 88.8 Å². The zero-order valence-electron chi connectivity index (χ0n) is 19.3. The number of nitrogens with zero attached hydrogens (tertiary/aromatic N) is 2. The van der Waals surface area contributed by atoms with Crippen molar-refractivity contribution in [1.29, 1.82) is 10.5 Å². The molecule has 0 spiro atoms. The van der Waals surface area contributed by atoms with Crippen molar-refractivity contribution in [2.24, 2.45) is 5.92 Å². The number of hydrogen-bond acceptors (Lipinski definition) is 2. The van der Waals surface area contributed by atoms with Gasteiger partial charge in [-0.3, -0.25) is 0 Å². The van der Waals surface area contributed by atoms with Crippen LogP contribution in [0, 0.1) is 28.6 Å². The molecule has 2 aromatic rings. The number of rotatable bonds is 9. The third kappa shape index (κ3) is 5.77. The van der Waals surface area contributed by atoms with E-state index in [4.69, 9.17) is 0 Å². The van der Waals surface area contributed by atoms with Crippen molar-refractivity contribution in [2.45, 2.75) is 90.4 Å². The van der Waals surface area contributed by atoms with Gasteiger partial charge in [0.2, 0.25) is 0 Å². The molecule has 2 heteroatoms. The van der Waals surface area contributed by atoms with Crippen molar-refractivity contribution in [3.05, 3.63) is 58.7 Å². The van der Waals surface area contributed by atoms with Crippen molar-refractivity contribution >= 4 is 0 Å². The molecule has 0 atom stereocenters. The molecule has 31 heavy (non-hydrogen) atoms. The number of nitriles is 2. The van der Waals surface area contributed by atoms with Crippen LogP contribution in [-0.2, 0) is 6.42 Å². The minimum atomic E-state index is 0.412. The minimum Gasteiger partial charge on any atom is -0.192 e. The summed E-state index contributed by atoms with van der Waals surface area (Å²) in [6, 6.07) is 17.4. The third-order valence-corrected chi connectivity index (χ3v) is 7.02. The summed E-state index contributed by atoms with van der Waals surface area (Å²) in [5.74, 6) is 1.25. The van der Waals surface area contributed by atoms with E-state index in [9.17, 15) is 10.5 Å². The van der Waals surface area contributed by atoms with Crippen LogP contribution in [-0.4, -0.2) is 0 Å². The number of unbranched alkanes of at least 4 members (excludes halogenated alkanes) is 3. The maximum absolute atomic E-state index is 9.96. The van der Waals surface area contributed by atoms with E-state index in [2.05, 4.69) is 62.4 Å². The third-order valence-electron chi connectivity index (χ3n) is 7.02. The fourth-order valence-corrected chi connectivity index (χ4v) is 5.20. The van der Waals surface area contributed by atoms with E-state index in [1.54, 1.807) is 0 Å². The predicted octanol–water partition coefficient (Wildman–Crippen LogP) is 8.29. The fourth-order valence-electron chi connectivity index (χ4n) is 5.20. The van der Waals surface area contributed by atoms with Crippen LogP contribution in [0.15, 0.2) is 36.4 Å². The Hall–Kier alpha value is -2.58. The highest BCUT2D eigenvalue weighted by Crippen LogP contribution is 2.41. The molecule has 1 fully saturated rings. The van der Waals surface area contributed by atoms with Crippen molar-refractivity contribution in [1.82, 2.24) is 0 Å². The molecular formula is C29H36N2. The fraction of sp³-hybridized carbons (Fsp3) is 0.517. The van der Waals surface area contributed by atoms with Crippen LogP contribution in [0.3, 0.4) is 0 Å². The molecule has 2 nitrogen and oxygen atoms in total. The van der Waals surface area contributed by atoms with Gasteiger partial charge in [0, 0.05) is 5.56 Å². The Morgan fingerprint density at radius 3 is 2.10 bits per heavy atom. The molecule has 0 aromatic heterocycles. The van der Waals surface area contributed by atoms with E-state index < -0.39 is 0 Å². The molecular weight excluding hydrogens is 376 g/mol. The second-order valence-electron chi connectivity index (χ2n) is 9.19. The molecule has 1 aliphatic rings. The lowest BCUT2D eigenvalue weighted by Gasteiger charge is -2.29. The van der Waals surface area contributed by atoms with Gasteiger partial charge < -0.3 is 0 Å². The number of hydrogen-bond donors (Lipinski definition) is 0. The zero-order valence-corrected chi connectivity index (χ0v) is 19.3. The van der Waals surface area contributed by atoms with Gasteiger partial charge in [0.1, 0.15) is 12.1 Å². The summed E-state index contributed by atoms with van der Waals surface area (Å²) in [4.78, 5) is 0. The first-order valence-corrected chi connectivity index (χ1v) is 12.3. The second kappa shape index (κ2) is 11.7. The summed E-state index contributed by atoms with van der Waals surface area (Å²) in [6.45, 7) is 4.44. The Morgan fingerprint density at radius 1 is 0.774 bits per heavy atom. The van der Waals surface area contributed by atoms with E-state index in [0.717, 1.165) is 48.3 Å². The van der Waals surface area contributed by atoms with Crippen molar-refractivity contribution < 1.29 is 0 Å². The zero-order chi connectivity index (χ0) is 22.1. The van der Waals surface area contributed by atoms with Crippen molar-refractivity contribution in [3.8, 4) is 23.3 Å². The largest absolute Gasteiger partial charge is 0.192 e. The van der Waals surface area contributed by atoms with Crippen LogP contribution in [0.2, 0.25) is 0 Å². The highest BCUT2D eigenvalue weighted by molar-refractivity contribution is 5.75. The molecule has 0 amide bonds. The van der Waals surface area contributed by atoms with E-state index >= 15 is 0 Å². The Labute approximate surface area is 188 Å². The first kappa shape index (κ1) is 23.1. The normalized spacial score (nSPS) is 18.3. The van der Waals surface area contributed by atoms with Crippen LogP contribution >= 0.6 is 0 Å². The van der Waals surface area contributed by atoms with Gasteiger partial charge in [0.05, 0.1) is 11.1 Å². The first-order valence-electron chi connectivity index (χ1n) is 12.3. The molecule has 162 valence electrons. The Bertz CT molecular complexity index is 919. The Morgan fingerprint density at radius 2 is 1.48 bits per heavy atom. The smallest absolute Gasteiger partial charge is 0.101 e. The number of aryl methyl sites for hydroxylation is 1. The lowest BCUT2D eigenvalue weighted by atomic mass is 9.75. The molecule has 0 bridgehead atoms. The standard InChI is InChI=1S/C29H36N2/c1-3-5-6-7-9-23-12-16-25(17-13-23)27-19-18-26(28(20-30)29(27)21-31)24-14-10-22(8-4-2)11-15-24/h10-11,14-15,18-19,23,25H,3-9,12-13,16-17H2,1-2H3. The van der Waals surface area contributed by atoms with E-state index in [-0.39, 0.29) is 0 Å². The van der Waals surface area contributed by atoms with Crippen LogP contribution in [0.4, 0.5) is 0 Å². The second-order valence-corrected chi connectivity index (χ2v) is 9.19. The monoisotopic (exact) mass is 412 g/mol. The predicted molar refractivity (Wildman–Crippen MR) is 129 cm³/mol.